The molecule has 0 aliphatic carbocycles. The molecule has 13 rings (SSSR count). The second kappa shape index (κ2) is 65.2. The quantitative estimate of drug-likeness (QED) is 0.0113. The summed E-state index contributed by atoms with van der Waals surface area (Å²) in [6, 6.07) is 22.7. The van der Waals surface area contributed by atoms with Crippen LogP contribution in [0.15, 0.2) is 132 Å². The maximum atomic E-state index is 11.9. The molecule has 13 heterocycles. The molecule has 0 saturated heterocycles. The van der Waals surface area contributed by atoms with Crippen molar-refractivity contribution in [1.29, 1.82) is 0 Å². The number of hydrogen-bond donors (Lipinski definition) is 11. The number of aromatic nitrogens is 16. The third-order valence-electron chi connectivity index (χ3n) is 17.5. The molecular formula is C91H133N29O14S5. The van der Waals surface area contributed by atoms with Gasteiger partial charge in [-0.2, -0.15) is 15.3 Å². The van der Waals surface area contributed by atoms with Gasteiger partial charge in [0.2, 0.25) is 5.76 Å². The normalized spacial score (nSPS) is 9.76. The fraction of sp³-hybridized carbons (Fsp3) is 0.396. The van der Waals surface area contributed by atoms with Gasteiger partial charge in [0.1, 0.15) is 49.3 Å². The van der Waals surface area contributed by atoms with Crippen LogP contribution in [0.3, 0.4) is 0 Å². The average molecular weight is 2020 g/mol. The number of aryl methyl sites for hydroxylation is 7. The Morgan fingerprint density at radius 3 is 1.54 bits per heavy atom. The van der Waals surface area contributed by atoms with Gasteiger partial charge in [0.05, 0.1) is 92.6 Å². The number of pyridine rings is 3. The van der Waals surface area contributed by atoms with Gasteiger partial charge < -0.3 is 106 Å². The van der Waals surface area contributed by atoms with E-state index >= 15 is 0 Å². The lowest BCUT2D eigenvalue weighted by molar-refractivity contribution is -0.142. The third-order valence-corrected chi connectivity index (χ3v) is 22.7. The lowest BCUT2D eigenvalue weighted by Crippen LogP contribution is -2.21. The molecule has 0 radical (unpaired) electrons. The van der Waals surface area contributed by atoms with Crippen molar-refractivity contribution in [2.45, 2.75) is 88.0 Å². The zero-order valence-corrected chi connectivity index (χ0v) is 88.3. The maximum absolute atomic E-state index is 11.9. The van der Waals surface area contributed by atoms with Crippen LogP contribution in [0.4, 0.5) is 60.4 Å². The standard InChI is InChI=1S/C11H14N4.C11H19N3OS.C9H10N4.C8H13N3O2.2C8H12N2O2S.2C8H12N2O2.C7H11N3OS.C7H10N2.C6H8N2O2S/c1-8-6-9(2)15(14-8)10-4-5-13-11(7-10)12-3;1-5-6-7-8-9(10(15)14(3)4)16-11(12-2)13-8;1-10-9-7-8(3-5-11-9)13-6-2-4-12-13;1-4-13-8(12)6-5-7(9-2)10-11(6)3;1-4-12-7(11)6-5(2)10-8(9-3)13-6;1-3-12-7(11)4-6-5-13-8(9-2)10-6;1-9-6-4-7(8(11)12-3)10(2)5-6;1-4-11-6(2)7-5-8(9-3)10-12-7;1-4-5(6(11)8-2)12-7(9-3)10-4;1-9(2)7-5-3-4-6-8-7;1-7-6-8-4(3-11-6)5(9)10-2/h4-7H,1-3H3,(H,12,13);5-7H2,1-4H3,(H,12,13);2-7H,1H3,(H,10,11);5H,4H2,1-3H3,(H,9,10);4H2,1-3H3,(H,9,10);5H,3-4H2,1-2H3,(H,9,10);4-5,9H,1-3H3;5H,2,4H2,1,3H3,(H,9,10);1-3H3,(H,8,11)(H,9,10);3-6H,1-2H3;3H,1-2H3,(H,7,8). The molecule has 0 bridgehead atoms. The highest BCUT2D eigenvalue weighted by molar-refractivity contribution is 7.18. The fourth-order valence-electron chi connectivity index (χ4n) is 10.6. The Kier molecular flexibility index (Phi) is 55.5. The Hall–Kier alpha value is -14.7. The summed E-state index contributed by atoms with van der Waals surface area (Å²) in [5, 5.41) is 55.3. The average Bonchev–Trinajstić information content (AvgIpc) is 1.69. The van der Waals surface area contributed by atoms with Crippen LogP contribution in [-0.4, -0.2) is 272 Å². The number of carbonyl (C=O) groups is 7. The molecule has 139 heavy (non-hydrogen) atoms. The van der Waals surface area contributed by atoms with Crippen LogP contribution in [0.25, 0.3) is 17.1 Å². The number of thiazole rings is 5. The number of rotatable bonds is 30. The highest BCUT2D eigenvalue weighted by atomic mass is 32.1. The minimum absolute atomic E-state index is 0.0464. The van der Waals surface area contributed by atoms with Crippen LogP contribution >= 0.6 is 56.7 Å². The molecule has 756 valence electrons. The molecule has 48 heteroatoms. The Morgan fingerprint density at radius 1 is 0.511 bits per heavy atom. The molecule has 0 aliphatic heterocycles. The second-order valence-electron chi connectivity index (χ2n) is 28.0. The SMILES string of the molecule is C=C(OCC)c1cc(NC)no1.CCCCc1nc(NC)sc1C(=O)N(C)C.CCOC(=O)Cc1csc(NC)n1.CCOC(=O)c1cc(NC)nn1C.CCOC(=O)c1sc(NC)nc1C.CN(C)c1ccccn1.CNC(=O)c1sc(NC)nc1C.CNc1cc(-n2cccn2)ccn1.CNc1cc(-n2nc(C)cc2C)ccn1.CNc1cc(C(=O)OC)n(C)c1.CNc1nc(C(=O)OC)cs1. The summed E-state index contributed by atoms with van der Waals surface area (Å²) in [5.74, 6) is 3.46. The van der Waals surface area contributed by atoms with Crippen molar-refractivity contribution in [2.24, 2.45) is 14.1 Å². The lowest BCUT2D eigenvalue weighted by Gasteiger charge is -2.09. The molecule has 43 nitrogen and oxygen atoms in total. The summed E-state index contributed by atoms with van der Waals surface area (Å²) in [4.78, 5) is 117. The number of methoxy groups -OCH3 is 2. The van der Waals surface area contributed by atoms with Gasteiger partial charge in [-0.25, -0.2) is 68.4 Å². The highest BCUT2D eigenvalue weighted by Crippen LogP contribution is 2.28. The Bertz CT molecular complexity index is 5680. The molecule has 0 unspecified atom stereocenters. The summed E-state index contributed by atoms with van der Waals surface area (Å²) in [6.07, 6.45) is 14.1. The summed E-state index contributed by atoms with van der Waals surface area (Å²) in [7, 11) is 33.2. The van der Waals surface area contributed by atoms with Gasteiger partial charge in [0.15, 0.2) is 42.9 Å². The number of unbranched alkanes of at least 4 members (excludes halogenated alkanes) is 1. The van der Waals surface area contributed by atoms with E-state index in [0.717, 1.165) is 108 Å². The van der Waals surface area contributed by atoms with Gasteiger partial charge in [0, 0.05) is 198 Å². The molecule has 0 saturated carbocycles. The molecule has 13 aromatic rings. The molecule has 0 fully saturated rings. The summed E-state index contributed by atoms with van der Waals surface area (Å²) in [5.41, 5.74) is 9.59. The smallest absolute Gasteiger partial charge is 0.357 e. The number of nitrogens with one attached hydrogen (secondary N) is 11. The van der Waals surface area contributed by atoms with E-state index in [1.165, 1.54) is 75.6 Å². The topological polar surface area (TPSA) is 501 Å². The minimum atomic E-state index is -0.400. The minimum Gasteiger partial charge on any atom is -0.490 e. The number of ether oxygens (including phenoxy) is 6. The first-order valence-corrected chi connectivity index (χ1v) is 47.5. The maximum Gasteiger partial charge on any atom is 0.357 e. The van der Waals surface area contributed by atoms with Crippen molar-refractivity contribution in [3.63, 3.8) is 0 Å². The summed E-state index contributed by atoms with van der Waals surface area (Å²) < 4.78 is 40.5. The molecule has 0 aromatic carbocycles. The second-order valence-corrected chi connectivity index (χ2v) is 32.7. The largest absolute Gasteiger partial charge is 0.490 e. The summed E-state index contributed by atoms with van der Waals surface area (Å²) in [6.45, 7) is 22.5. The molecule has 0 atom stereocenters. The number of anilines is 11. The van der Waals surface area contributed by atoms with Crippen LogP contribution in [0.2, 0.25) is 0 Å². The van der Waals surface area contributed by atoms with Crippen LogP contribution in [0, 0.1) is 27.7 Å². The molecule has 0 aliphatic rings. The monoisotopic (exact) mass is 2020 g/mol. The number of carbonyl (C=O) groups excluding carboxylic acids is 7. The van der Waals surface area contributed by atoms with Gasteiger partial charge in [-0.1, -0.05) is 65.2 Å². The van der Waals surface area contributed by atoms with Gasteiger partial charge >= 0.3 is 29.8 Å². The van der Waals surface area contributed by atoms with Crippen molar-refractivity contribution in [3.05, 3.63) is 199 Å². The van der Waals surface area contributed by atoms with E-state index in [1.807, 2.05) is 139 Å². The van der Waals surface area contributed by atoms with E-state index in [1.54, 1.807) is 175 Å². The molecule has 0 spiro atoms. The first-order chi connectivity index (χ1) is 66.5. The van der Waals surface area contributed by atoms with E-state index < -0.39 is 5.97 Å². The zero-order valence-electron chi connectivity index (χ0n) is 84.2. The van der Waals surface area contributed by atoms with E-state index in [2.05, 4.69) is 148 Å². The van der Waals surface area contributed by atoms with E-state index in [4.69, 9.17) is 23.5 Å². The number of nitrogens with zero attached hydrogens (tertiary/aromatic N) is 18. The van der Waals surface area contributed by atoms with Crippen LogP contribution in [0.5, 0.6) is 0 Å². The molecular weight excluding hydrogens is 1880 g/mol. The van der Waals surface area contributed by atoms with E-state index in [-0.39, 0.29) is 42.1 Å². The molecule has 11 N–H and O–H groups in total. The highest BCUT2D eigenvalue weighted by Gasteiger charge is 2.21. The Morgan fingerprint density at radius 2 is 1.07 bits per heavy atom. The number of esters is 5. The Labute approximate surface area is 831 Å². The van der Waals surface area contributed by atoms with Crippen molar-refractivity contribution in [3.8, 4) is 11.4 Å². The molecule has 13 aromatic heterocycles. The number of amides is 2. The fourth-order valence-corrected chi connectivity index (χ4v) is 14.6. The van der Waals surface area contributed by atoms with Crippen LogP contribution < -0.4 is 63.4 Å². The first-order valence-electron chi connectivity index (χ1n) is 43.3. The zero-order chi connectivity index (χ0) is 104. The summed E-state index contributed by atoms with van der Waals surface area (Å²) >= 11 is 6.95. The third kappa shape index (κ3) is 41.4. The molecule has 2 amide bonds. The van der Waals surface area contributed by atoms with Gasteiger partial charge in [-0.15, -0.1) is 22.7 Å². The van der Waals surface area contributed by atoms with Crippen molar-refractivity contribution in [1.82, 2.24) is 89.2 Å². The first kappa shape index (κ1) is 119. The predicted octanol–water partition coefficient (Wildman–Crippen LogP) is 14.6. The Balaban J connectivity index is 0.000000394. The van der Waals surface area contributed by atoms with Crippen molar-refractivity contribution < 1.29 is 66.5 Å². The lowest BCUT2D eigenvalue weighted by atomic mass is 10.2. The van der Waals surface area contributed by atoms with Crippen LogP contribution in [0.1, 0.15) is 148 Å². The number of hydrogen-bond acceptors (Lipinski definition) is 42. The van der Waals surface area contributed by atoms with Crippen LogP contribution in [-0.2, 0) is 60.2 Å². The van der Waals surface area contributed by atoms with Crippen molar-refractivity contribution in [2.75, 3.05) is 204 Å². The van der Waals surface area contributed by atoms with Gasteiger partial charge in [-0.3, -0.25) is 19.1 Å². The van der Waals surface area contributed by atoms with Gasteiger partial charge in [0.25, 0.3) is 11.8 Å². The van der Waals surface area contributed by atoms with E-state index in [0.29, 0.717) is 87.2 Å². The van der Waals surface area contributed by atoms with E-state index in [9.17, 15) is 33.6 Å². The predicted molar refractivity (Wildman–Crippen MR) is 557 cm³/mol. The van der Waals surface area contributed by atoms with Crippen molar-refractivity contribution >= 4 is 165 Å². The van der Waals surface area contributed by atoms with Gasteiger partial charge in [-0.05, 0) is 111 Å².